The van der Waals surface area contributed by atoms with E-state index < -0.39 is 0 Å². The molecule has 0 unspecified atom stereocenters. The molecule has 0 radical (unpaired) electrons. The molecule has 2 aromatic rings. The lowest BCUT2D eigenvalue weighted by atomic mass is 9.96. The molecule has 0 aliphatic carbocycles. The van der Waals surface area contributed by atoms with Crippen LogP contribution in [-0.2, 0) is 11.2 Å². The first-order valence-corrected chi connectivity index (χ1v) is 8.68. The van der Waals surface area contributed by atoms with E-state index in [0.717, 1.165) is 55.1 Å². The molecule has 0 spiro atoms. The summed E-state index contributed by atoms with van der Waals surface area (Å²) in [6.45, 7) is 6.40. The Kier molecular flexibility index (Phi) is 5.00. The minimum absolute atomic E-state index is 0.198. The summed E-state index contributed by atoms with van der Waals surface area (Å²) in [7, 11) is 0. The Balaban J connectivity index is 1.74. The molecule has 2 heterocycles. The minimum Gasteiger partial charge on any atom is -0.342 e. The molecule has 3 rings (SSSR count). The van der Waals surface area contributed by atoms with Crippen LogP contribution in [0.5, 0.6) is 0 Å². The summed E-state index contributed by atoms with van der Waals surface area (Å²) in [5.41, 5.74) is 9.78. The molecule has 0 atom stereocenters. The largest absolute Gasteiger partial charge is 0.342 e. The van der Waals surface area contributed by atoms with Crippen LogP contribution in [0.3, 0.4) is 0 Å². The number of benzene rings is 1. The van der Waals surface area contributed by atoms with Gasteiger partial charge in [0.15, 0.2) is 0 Å². The molecule has 1 aromatic heterocycles. The first kappa shape index (κ1) is 16.7. The fourth-order valence-electron chi connectivity index (χ4n) is 3.43. The van der Waals surface area contributed by atoms with Crippen LogP contribution >= 0.6 is 0 Å². The van der Waals surface area contributed by atoms with Crippen LogP contribution in [0.15, 0.2) is 30.3 Å². The fraction of sp³-hybridized carbons (Fsp3) is 0.474. The van der Waals surface area contributed by atoms with Gasteiger partial charge in [0.1, 0.15) is 0 Å². The van der Waals surface area contributed by atoms with Crippen LogP contribution in [0.4, 0.5) is 0 Å². The highest BCUT2D eigenvalue weighted by atomic mass is 16.2. The van der Waals surface area contributed by atoms with Gasteiger partial charge >= 0.3 is 0 Å². The summed E-state index contributed by atoms with van der Waals surface area (Å²) in [5.74, 6) is 0.766. The number of hydrogen-bond donors (Lipinski definition) is 1. The average Bonchev–Trinajstić information content (AvgIpc) is 2.90. The van der Waals surface area contributed by atoms with E-state index in [1.165, 1.54) is 0 Å². The highest BCUT2D eigenvalue weighted by Crippen LogP contribution is 2.21. The van der Waals surface area contributed by atoms with E-state index in [2.05, 4.69) is 5.10 Å². The normalized spacial score (nSPS) is 15.7. The molecule has 5 nitrogen and oxygen atoms in total. The summed E-state index contributed by atoms with van der Waals surface area (Å²) in [6, 6.07) is 10.0. The maximum absolute atomic E-state index is 12.7. The zero-order chi connectivity index (χ0) is 17.1. The topological polar surface area (TPSA) is 64.2 Å². The number of carbonyl (C=O) groups excluding carboxylic acids is 1. The zero-order valence-electron chi connectivity index (χ0n) is 14.5. The molecule has 1 aliphatic heterocycles. The predicted octanol–water partition coefficient (Wildman–Crippen LogP) is 2.23. The summed E-state index contributed by atoms with van der Waals surface area (Å²) in [4.78, 5) is 14.6. The van der Waals surface area contributed by atoms with Gasteiger partial charge in [-0.3, -0.25) is 4.79 Å². The molecule has 1 aliphatic rings. The van der Waals surface area contributed by atoms with Crippen molar-refractivity contribution in [2.45, 2.75) is 33.1 Å². The minimum atomic E-state index is 0.198. The number of aryl methyl sites for hydroxylation is 1. The Morgan fingerprint density at radius 3 is 2.50 bits per heavy atom. The van der Waals surface area contributed by atoms with E-state index in [1.807, 2.05) is 53.8 Å². The third-order valence-electron chi connectivity index (χ3n) is 5.07. The lowest BCUT2D eigenvalue weighted by molar-refractivity contribution is -0.131. The van der Waals surface area contributed by atoms with Crippen molar-refractivity contribution >= 4 is 5.91 Å². The molecule has 1 amide bonds. The molecule has 24 heavy (non-hydrogen) atoms. The van der Waals surface area contributed by atoms with Crippen molar-refractivity contribution in [2.24, 2.45) is 11.7 Å². The highest BCUT2D eigenvalue weighted by Gasteiger charge is 2.24. The Labute approximate surface area is 143 Å². The molecule has 128 valence electrons. The van der Waals surface area contributed by atoms with E-state index in [1.54, 1.807) is 0 Å². The number of carbonyl (C=O) groups is 1. The maximum atomic E-state index is 12.7. The third-order valence-corrected chi connectivity index (χ3v) is 5.07. The number of hydrogen-bond acceptors (Lipinski definition) is 3. The first-order chi connectivity index (χ1) is 11.6. The van der Waals surface area contributed by atoms with Gasteiger partial charge in [0.05, 0.1) is 17.8 Å². The maximum Gasteiger partial charge on any atom is 0.227 e. The van der Waals surface area contributed by atoms with Gasteiger partial charge in [-0.1, -0.05) is 18.2 Å². The van der Waals surface area contributed by atoms with E-state index in [0.29, 0.717) is 12.3 Å². The zero-order valence-corrected chi connectivity index (χ0v) is 14.5. The third kappa shape index (κ3) is 3.36. The second-order valence-corrected chi connectivity index (χ2v) is 6.63. The van der Waals surface area contributed by atoms with Crippen LogP contribution in [0.2, 0.25) is 0 Å². The predicted molar refractivity (Wildman–Crippen MR) is 95.1 cm³/mol. The van der Waals surface area contributed by atoms with E-state index >= 15 is 0 Å². The monoisotopic (exact) mass is 326 g/mol. The van der Waals surface area contributed by atoms with Gasteiger partial charge in [-0.05, 0) is 51.3 Å². The molecule has 1 fully saturated rings. The number of rotatable bonds is 4. The molecule has 2 N–H and O–H groups in total. The van der Waals surface area contributed by atoms with Gasteiger partial charge in [-0.15, -0.1) is 0 Å². The average molecular weight is 326 g/mol. The summed E-state index contributed by atoms with van der Waals surface area (Å²) in [5, 5.41) is 4.63. The molecule has 1 aromatic carbocycles. The van der Waals surface area contributed by atoms with Gasteiger partial charge < -0.3 is 10.6 Å². The molecule has 1 saturated heterocycles. The van der Waals surface area contributed by atoms with Gasteiger partial charge in [0, 0.05) is 24.3 Å². The Morgan fingerprint density at radius 2 is 1.88 bits per heavy atom. The molecule has 5 heteroatoms. The van der Waals surface area contributed by atoms with Gasteiger partial charge in [-0.2, -0.15) is 5.10 Å². The number of piperidine rings is 1. The molecule has 0 saturated carbocycles. The molecule has 0 bridgehead atoms. The number of para-hydroxylation sites is 1. The Bertz CT molecular complexity index is 700. The van der Waals surface area contributed by atoms with Crippen molar-refractivity contribution in [3.05, 3.63) is 47.3 Å². The second kappa shape index (κ2) is 7.18. The van der Waals surface area contributed by atoms with Crippen LogP contribution < -0.4 is 5.73 Å². The molecular formula is C19H26N4O. The van der Waals surface area contributed by atoms with Gasteiger partial charge in [0.2, 0.25) is 5.91 Å². The summed E-state index contributed by atoms with van der Waals surface area (Å²) in [6.07, 6.45) is 2.46. The number of nitrogens with two attached hydrogens (primary N) is 1. The number of nitrogens with zero attached hydrogens (tertiary/aromatic N) is 3. The van der Waals surface area contributed by atoms with Crippen molar-refractivity contribution in [1.29, 1.82) is 0 Å². The van der Waals surface area contributed by atoms with Crippen molar-refractivity contribution in [3.8, 4) is 5.69 Å². The first-order valence-electron chi connectivity index (χ1n) is 8.68. The van der Waals surface area contributed by atoms with Crippen molar-refractivity contribution < 1.29 is 4.79 Å². The Hall–Kier alpha value is -2.14. The van der Waals surface area contributed by atoms with E-state index in [-0.39, 0.29) is 5.91 Å². The van der Waals surface area contributed by atoms with Crippen LogP contribution in [0.1, 0.15) is 29.8 Å². The number of amides is 1. The standard InChI is InChI=1S/C19H26N4O/c1-14-18(12-19(24)22-10-8-16(13-20)9-11-22)15(2)23(21-14)17-6-4-3-5-7-17/h3-7,16H,8-13,20H2,1-2H3. The summed E-state index contributed by atoms with van der Waals surface area (Å²) >= 11 is 0. The van der Waals surface area contributed by atoms with Gasteiger partial charge in [-0.25, -0.2) is 4.68 Å². The highest BCUT2D eigenvalue weighted by molar-refractivity contribution is 5.79. The quantitative estimate of drug-likeness (QED) is 0.937. The lowest BCUT2D eigenvalue weighted by Crippen LogP contribution is -2.40. The van der Waals surface area contributed by atoms with Crippen LogP contribution in [0, 0.1) is 19.8 Å². The molecular weight excluding hydrogens is 300 g/mol. The lowest BCUT2D eigenvalue weighted by Gasteiger charge is -2.31. The number of likely N-dealkylation sites (tertiary alicyclic amines) is 1. The van der Waals surface area contributed by atoms with Crippen molar-refractivity contribution in [3.63, 3.8) is 0 Å². The summed E-state index contributed by atoms with van der Waals surface area (Å²) < 4.78 is 1.93. The smallest absolute Gasteiger partial charge is 0.227 e. The van der Waals surface area contributed by atoms with Crippen molar-refractivity contribution in [1.82, 2.24) is 14.7 Å². The van der Waals surface area contributed by atoms with Gasteiger partial charge in [0.25, 0.3) is 0 Å². The van der Waals surface area contributed by atoms with E-state index in [4.69, 9.17) is 5.73 Å². The second-order valence-electron chi connectivity index (χ2n) is 6.63. The van der Waals surface area contributed by atoms with Crippen LogP contribution in [0.25, 0.3) is 5.69 Å². The SMILES string of the molecule is Cc1nn(-c2ccccc2)c(C)c1CC(=O)N1CCC(CN)CC1. The fourth-order valence-corrected chi connectivity index (χ4v) is 3.43. The Morgan fingerprint density at radius 1 is 1.21 bits per heavy atom. The van der Waals surface area contributed by atoms with Crippen LogP contribution in [-0.4, -0.2) is 40.2 Å². The van der Waals surface area contributed by atoms with E-state index in [9.17, 15) is 4.79 Å². The number of aromatic nitrogens is 2. The van der Waals surface area contributed by atoms with Crippen molar-refractivity contribution in [2.75, 3.05) is 19.6 Å².